The Morgan fingerprint density at radius 2 is 1.74 bits per heavy atom. The Labute approximate surface area is 159 Å². The number of benzene rings is 2. The first-order chi connectivity index (χ1) is 13.0. The van der Waals surface area contributed by atoms with Crippen LogP contribution in [0.3, 0.4) is 0 Å². The maximum absolute atomic E-state index is 10.4. The van der Waals surface area contributed by atoms with Gasteiger partial charge in [-0.25, -0.2) is 0 Å². The first kappa shape index (κ1) is 19.4. The molecule has 27 heavy (non-hydrogen) atoms. The highest BCUT2D eigenvalue weighted by Gasteiger charge is 2.43. The van der Waals surface area contributed by atoms with Gasteiger partial charge in [0.15, 0.2) is 0 Å². The normalized spacial score (nSPS) is 27.7. The number of aliphatic hydroxyl groups is 3. The van der Waals surface area contributed by atoms with Gasteiger partial charge in [-0.2, -0.15) is 0 Å². The van der Waals surface area contributed by atoms with Crippen LogP contribution in [0.25, 0.3) is 0 Å². The van der Waals surface area contributed by atoms with Crippen LogP contribution in [0, 0.1) is 12.3 Å². The number of methoxy groups -OCH3 is 1. The van der Waals surface area contributed by atoms with E-state index in [1.165, 1.54) is 0 Å². The Balaban J connectivity index is 1.80. The molecule has 3 rings (SSSR count). The summed E-state index contributed by atoms with van der Waals surface area (Å²) >= 11 is 0. The van der Waals surface area contributed by atoms with E-state index in [0.29, 0.717) is 6.42 Å². The highest BCUT2D eigenvalue weighted by Crippen LogP contribution is 2.34. The molecule has 1 unspecified atom stereocenters. The van der Waals surface area contributed by atoms with Crippen LogP contribution in [0.4, 0.5) is 0 Å². The maximum atomic E-state index is 10.4. The molecule has 1 aliphatic rings. The van der Waals surface area contributed by atoms with Crippen molar-refractivity contribution in [2.24, 2.45) is 0 Å². The van der Waals surface area contributed by atoms with Gasteiger partial charge in [0, 0.05) is 6.42 Å². The lowest BCUT2D eigenvalue weighted by atomic mass is 9.89. The van der Waals surface area contributed by atoms with Crippen molar-refractivity contribution in [1.82, 2.24) is 0 Å². The molecule has 0 aliphatic carbocycles. The van der Waals surface area contributed by atoms with Crippen molar-refractivity contribution in [3.63, 3.8) is 0 Å². The van der Waals surface area contributed by atoms with E-state index in [1.807, 2.05) is 48.5 Å². The second-order valence-corrected chi connectivity index (χ2v) is 6.75. The lowest BCUT2D eigenvalue weighted by Crippen LogP contribution is -2.54. The zero-order valence-electron chi connectivity index (χ0n) is 15.2. The molecular weight excluding hydrogens is 344 g/mol. The van der Waals surface area contributed by atoms with Crippen molar-refractivity contribution < 1.29 is 24.8 Å². The van der Waals surface area contributed by atoms with Crippen LogP contribution < -0.4 is 4.74 Å². The third kappa shape index (κ3) is 4.32. The number of hydrogen-bond acceptors (Lipinski definition) is 5. The molecule has 0 aromatic heterocycles. The fourth-order valence-corrected chi connectivity index (χ4v) is 3.37. The van der Waals surface area contributed by atoms with E-state index in [1.54, 1.807) is 7.11 Å². The van der Waals surface area contributed by atoms with Gasteiger partial charge in [-0.1, -0.05) is 36.4 Å². The number of rotatable bonds is 5. The van der Waals surface area contributed by atoms with Gasteiger partial charge in [-0.15, -0.1) is 12.3 Å². The topological polar surface area (TPSA) is 79.2 Å². The van der Waals surface area contributed by atoms with Crippen LogP contribution in [0.1, 0.15) is 29.2 Å². The summed E-state index contributed by atoms with van der Waals surface area (Å²) in [5.74, 6) is 3.24. The quantitative estimate of drug-likeness (QED) is 0.702. The van der Waals surface area contributed by atoms with Gasteiger partial charge in [0.05, 0.1) is 13.2 Å². The first-order valence-electron chi connectivity index (χ1n) is 8.88. The summed E-state index contributed by atoms with van der Waals surface area (Å²) in [5.41, 5.74) is 2.91. The molecule has 0 saturated carbocycles. The van der Waals surface area contributed by atoms with Crippen molar-refractivity contribution >= 4 is 0 Å². The van der Waals surface area contributed by atoms with Crippen LogP contribution in [-0.4, -0.2) is 46.8 Å². The number of ether oxygens (including phenoxy) is 2. The number of aliphatic hydroxyl groups excluding tert-OH is 3. The molecule has 0 radical (unpaired) electrons. The van der Waals surface area contributed by atoms with E-state index in [2.05, 4.69) is 5.92 Å². The Kier molecular flexibility index (Phi) is 6.15. The summed E-state index contributed by atoms with van der Waals surface area (Å²) in [4.78, 5) is 0. The highest BCUT2D eigenvalue weighted by molar-refractivity contribution is 5.34. The molecule has 5 atom stereocenters. The number of terminal acetylenes is 1. The van der Waals surface area contributed by atoms with Crippen LogP contribution in [0.2, 0.25) is 0 Å². The standard InChI is InChI=1S/C22H24O5/c1-3-5-18-19(23)20(24)21(25)22(27-18)16-7-4-6-15(13-16)12-14-8-10-17(26-2)11-9-14/h1,4,6-11,13,18-25H,5,12H2,2H3/t18-,19-,20?,21-,22+/m1/s1. The molecule has 1 heterocycles. The Hall–Kier alpha value is -2.36. The average molecular weight is 368 g/mol. The van der Waals surface area contributed by atoms with Crippen molar-refractivity contribution in [3.05, 3.63) is 65.2 Å². The Morgan fingerprint density at radius 3 is 2.41 bits per heavy atom. The van der Waals surface area contributed by atoms with Crippen LogP contribution in [0.5, 0.6) is 5.75 Å². The molecule has 3 N–H and O–H groups in total. The lowest BCUT2D eigenvalue weighted by molar-refractivity contribution is -0.223. The van der Waals surface area contributed by atoms with Crippen molar-refractivity contribution in [2.75, 3.05) is 7.11 Å². The maximum Gasteiger partial charge on any atom is 0.118 e. The van der Waals surface area contributed by atoms with Crippen LogP contribution in [-0.2, 0) is 11.2 Å². The minimum Gasteiger partial charge on any atom is -0.497 e. The molecule has 1 aliphatic heterocycles. The molecular formula is C22H24O5. The lowest BCUT2D eigenvalue weighted by Gasteiger charge is -2.40. The second kappa shape index (κ2) is 8.55. The smallest absolute Gasteiger partial charge is 0.118 e. The van der Waals surface area contributed by atoms with Gasteiger partial charge in [0.2, 0.25) is 0 Å². The molecule has 2 aromatic carbocycles. The third-order valence-corrected chi connectivity index (χ3v) is 4.88. The highest BCUT2D eigenvalue weighted by atomic mass is 16.5. The molecule has 142 valence electrons. The minimum atomic E-state index is -1.31. The molecule has 5 heteroatoms. The summed E-state index contributed by atoms with van der Waals surface area (Å²) in [7, 11) is 1.63. The van der Waals surface area contributed by atoms with E-state index in [0.717, 1.165) is 22.4 Å². The van der Waals surface area contributed by atoms with Gasteiger partial charge in [0.25, 0.3) is 0 Å². The van der Waals surface area contributed by atoms with Crippen molar-refractivity contribution in [3.8, 4) is 18.1 Å². The monoisotopic (exact) mass is 368 g/mol. The van der Waals surface area contributed by atoms with Crippen LogP contribution >= 0.6 is 0 Å². The largest absolute Gasteiger partial charge is 0.497 e. The van der Waals surface area contributed by atoms with E-state index in [-0.39, 0.29) is 6.42 Å². The van der Waals surface area contributed by atoms with E-state index in [9.17, 15) is 15.3 Å². The molecule has 0 bridgehead atoms. The Bertz CT molecular complexity index is 795. The predicted octanol–water partition coefficient (Wildman–Crippen LogP) is 1.83. The van der Waals surface area contributed by atoms with Gasteiger partial charge in [-0.05, 0) is 35.2 Å². The van der Waals surface area contributed by atoms with Gasteiger partial charge >= 0.3 is 0 Å². The van der Waals surface area contributed by atoms with Gasteiger partial charge in [-0.3, -0.25) is 0 Å². The minimum absolute atomic E-state index is 0.160. The zero-order valence-corrected chi connectivity index (χ0v) is 15.2. The number of hydrogen-bond donors (Lipinski definition) is 3. The molecule has 0 spiro atoms. The summed E-state index contributed by atoms with van der Waals surface area (Å²) in [6.45, 7) is 0. The zero-order chi connectivity index (χ0) is 19.4. The summed E-state index contributed by atoms with van der Waals surface area (Å²) in [6.07, 6.45) is 0.962. The Morgan fingerprint density at radius 1 is 1.00 bits per heavy atom. The fraction of sp³-hybridized carbons (Fsp3) is 0.364. The predicted molar refractivity (Wildman–Crippen MR) is 101 cm³/mol. The van der Waals surface area contributed by atoms with Crippen molar-refractivity contribution in [1.29, 1.82) is 0 Å². The molecule has 2 aromatic rings. The van der Waals surface area contributed by atoms with Gasteiger partial charge < -0.3 is 24.8 Å². The molecule has 1 fully saturated rings. The second-order valence-electron chi connectivity index (χ2n) is 6.75. The molecule has 5 nitrogen and oxygen atoms in total. The summed E-state index contributed by atoms with van der Waals surface area (Å²) < 4.78 is 11.0. The molecule has 1 saturated heterocycles. The summed E-state index contributed by atoms with van der Waals surface area (Å²) in [6, 6.07) is 15.5. The van der Waals surface area contributed by atoms with E-state index < -0.39 is 30.5 Å². The molecule has 0 amide bonds. The fourth-order valence-electron chi connectivity index (χ4n) is 3.37. The third-order valence-electron chi connectivity index (χ3n) is 4.88. The SMILES string of the molecule is C#CC[C@H]1O[C@@H](c2cccc(Cc3ccc(OC)cc3)c2)[C@H](O)C(O)[C@@H]1O. The van der Waals surface area contributed by atoms with E-state index >= 15 is 0 Å². The van der Waals surface area contributed by atoms with Crippen molar-refractivity contribution in [2.45, 2.75) is 43.4 Å². The van der Waals surface area contributed by atoms with Gasteiger partial charge in [0.1, 0.15) is 30.2 Å². The first-order valence-corrected chi connectivity index (χ1v) is 8.88. The summed E-state index contributed by atoms with van der Waals surface area (Å²) in [5, 5.41) is 30.6. The van der Waals surface area contributed by atoms with Crippen LogP contribution in [0.15, 0.2) is 48.5 Å². The average Bonchev–Trinajstić information content (AvgIpc) is 2.69. The van der Waals surface area contributed by atoms with E-state index in [4.69, 9.17) is 15.9 Å².